The molecule has 1 aliphatic heterocycles. The Morgan fingerprint density at radius 1 is 1.07 bits per heavy atom. The molecule has 0 fully saturated rings. The van der Waals surface area contributed by atoms with Gasteiger partial charge in [-0.1, -0.05) is 62.1 Å². The van der Waals surface area contributed by atoms with Crippen LogP contribution in [0, 0.1) is 6.92 Å². The highest BCUT2D eigenvalue weighted by Gasteiger charge is 2.24. The zero-order chi connectivity index (χ0) is 19.1. The number of cyclic esters (lactones) is 1. The van der Waals surface area contributed by atoms with E-state index >= 15 is 0 Å². The Hall–Kier alpha value is -2.88. The fourth-order valence-corrected chi connectivity index (χ4v) is 2.90. The van der Waals surface area contributed by atoms with Crippen molar-refractivity contribution in [2.24, 2.45) is 4.99 Å². The number of nitrogens with zero attached hydrogens (tertiary/aromatic N) is 1. The van der Waals surface area contributed by atoms with Gasteiger partial charge in [0.25, 0.3) is 0 Å². The number of ether oxygens (including phenoxy) is 2. The topological polar surface area (TPSA) is 47.9 Å². The molecule has 27 heavy (non-hydrogen) atoms. The number of hydrogen-bond acceptors (Lipinski definition) is 4. The van der Waals surface area contributed by atoms with Gasteiger partial charge in [0, 0.05) is 11.1 Å². The SMILES string of the molecule is CCCCCCOc1ccccc1/C=C1\N=C(c2cccc(C)c2)OC1=O. The Labute approximate surface area is 160 Å². The van der Waals surface area contributed by atoms with Gasteiger partial charge in [-0.2, -0.15) is 0 Å². The molecule has 0 bridgehead atoms. The number of aryl methyl sites for hydroxylation is 1. The molecular formula is C23H25NO3. The van der Waals surface area contributed by atoms with Crippen molar-refractivity contribution in [2.45, 2.75) is 39.5 Å². The number of hydrogen-bond donors (Lipinski definition) is 0. The molecule has 4 heteroatoms. The number of esters is 1. The van der Waals surface area contributed by atoms with Gasteiger partial charge in [-0.15, -0.1) is 0 Å². The smallest absolute Gasteiger partial charge is 0.363 e. The Balaban J connectivity index is 1.77. The lowest BCUT2D eigenvalue weighted by Gasteiger charge is -2.09. The molecule has 4 nitrogen and oxygen atoms in total. The molecule has 0 unspecified atom stereocenters. The lowest BCUT2D eigenvalue weighted by Crippen LogP contribution is -2.05. The van der Waals surface area contributed by atoms with Crippen LogP contribution in [0.25, 0.3) is 6.08 Å². The van der Waals surface area contributed by atoms with Gasteiger partial charge in [0.15, 0.2) is 5.70 Å². The maximum Gasteiger partial charge on any atom is 0.363 e. The van der Waals surface area contributed by atoms with Gasteiger partial charge in [-0.3, -0.25) is 0 Å². The first-order chi connectivity index (χ1) is 13.2. The van der Waals surface area contributed by atoms with Crippen molar-refractivity contribution in [1.29, 1.82) is 0 Å². The minimum absolute atomic E-state index is 0.286. The Bertz CT molecular complexity index is 867. The molecule has 0 saturated heterocycles. The molecule has 0 radical (unpaired) electrons. The van der Waals surface area contributed by atoms with E-state index in [2.05, 4.69) is 11.9 Å². The van der Waals surface area contributed by atoms with E-state index in [4.69, 9.17) is 9.47 Å². The fraction of sp³-hybridized carbons (Fsp3) is 0.304. The van der Waals surface area contributed by atoms with Crippen molar-refractivity contribution in [3.8, 4) is 5.75 Å². The molecule has 0 saturated carbocycles. The van der Waals surface area contributed by atoms with E-state index in [1.54, 1.807) is 6.08 Å². The third kappa shape index (κ3) is 5.07. The molecule has 0 N–H and O–H groups in total. The average molecular weight is 363 g/mol. The molecule has 1 heterocycles. The molecular weight excluding hydrogens is 338 g/mol. The van der Waals surface area contributed by atoms with Crippen molar-refractivity contribution >= 4 is 17.9 Å². The summed E-state index contributed by atoms with van der Waals surface area (Å²) in [6.07, 6.45) is 6.34. The Kier molecular flexibility index (Phi) is 6.42. The lowest BCUT2D eigenvalue weighted by atomic mass is 10.1. The second-order valence-electron chi connectivity index (χ2n) is 6.65. The maximum atomic E-state index is 12.2. The van der Waals surface area contributed by atoms with Crippen molar-refractivity contribution in [1.82, 2.24) is 0 Å². The molecule has 3 rings (SSSR count). The molecule has 0 amide bonds. The summed E-state index contributed by atoms with van der Waals surface area (Å²) in [5.74, 6) is 0.658. The van der Waals surface area contributed by atoms with Gasteiger partial charge in [0.05, 0.1) is 6.61 Å². The summed E-state index contributed by atoms with van der Waals surface area (Å²) in [6.45, 7) is 4.85. The molecule has 2 aromatic rings. The van der Waals surface area contributed by atoms with Gasteiger partial charge < -0.3 is 9.47 Å². The minimum Gasteiger partial charge on any atom is -0.493 e. The monoisotopic (exact) mass is 363 g/mol. The normalized spacial score (nSPS) is 15.0. The molecule has 0 atom stereocenters. The van der Waals surface area contributed by atoms with Crippen LogP contribution in [0.15, 0.2) is 59.2 Å². The zero-order valence-corrected chi connectivity index (χ0v) is 15.9. The van der Waals surface area contributed by atoms with E-state index in [1.165, 1.54) is 12.8 Å². The highest BCUT2D eigenvalue weighted by atomic mass is 16.6. The number of rotatable bonds is 8. The van der Waals surface area contributed by atoms with Crippen molar-refractivity contribution in [3.05, 3.63) is 70.9 Å². The van der Waals surface area contributed by atoms with E-state index in [0.717, 1.165) is 35.3 Å². The first kappa shape index (κ1) is 18.9. The molecule has 0 aromatic heterocycles. The molecule has 1 aliphatic rings. The summed E-state index contributed by atoms with van der Waals surface area (Å²) in [5, 5.41) is 0. The first-order valence-corrected chi connectivity index (χ1v) is 9.49. The van der Waals surface area contributed by atoms with E-state index in [0.29, 0.717) is 12.5 Å². The van der Waals surface area contributed by atoms with Crippen molar-refractivity contribution in [2.75, 3.05) is 6.61 Å². The minimum atomic E-state index is -0.441. The van der Waals surface area contributed by atoms with Gasteiger partial charge in [-0.05, 0) is 37.6 Å². The predicted octanol–water partition coefficient (Wildman–Crippen LogP) is 5.30. The van der Waals surface area contributed by atoms with Crippen LogP contribution < -0.4 is 4.74 Å². The summed E-state index contributed by atoms with van der Waals surface area (Å²) in [7, 11) is 0. The first-order valence-electron chi connectivity index (χ1n) is 9.49. The second kappa shape index (κ2) is 9.17. The molecule has 0 spiro atoms. The van der Waals surface area contributed by atoms with E-state index in [-0.39, 0.29) is 5.70 Å². The van der Waals surface area contributed by atoms with Gasteiger partial charge in [0.1, 0.15) is 5.75 Å². The summed E-state index contributed by atoms with van der Waals surface area (Å²) in [6, 6.07) is 15.4. The molecule has 2 aromatic carbocycles. The number of aliphatic imine (C=N–C) groups is 1. The Morgan fingerprint density at radius 3 is 2.74 bits per heavy atom. The van der Waals surface area contributed by atoms with E-state index in [9.17, 15) is 4.79 Å². The van der Waals surface area contributed by atoms with Gasteiger partial charge in [0.2, 0.25) is 5.90 Å². The van der Waals surface area contributed by atoms with Crippen LogP contribution in [0.1, 0.15) is 49.3 Å². The number of benzene rings is 2. The van der Waals surface area contributed by atoms with Crippen molar-refractivity contribution in [3.63, 3.8) is 0 Å². The van der Waals surface area contributed by atoms with Crippen LogP contribution in [0.3, 0.4) is 0 Å². The van der Waals surface area contributed by atoms with Gasteiger partial charge in [-0.25, -0.2) is 9.79 Å². The average Bonchev–Trinajstić information content (AvgIpc) is 3.03. The largest absolute Gasteiger partial charge is 0.493 e. The van der Waals surface area contributed by atoms with Crippen LogP contribution in [0.5, 0.6) is 5.75 Å². The summed E-state index contributed by atoms with van der Waals surface area (Å²) >= 11 is 0. The van der Waals surface area contributed by atoms with Gasteiger partial charge >= 0.3 is 5.97 Å². The van der Waals surface area contributed by atoms with E-state index in [1.807, 2.05) is 55.5 Å². The summed E-state index contributed by atoms with van der Waals surface area (Å²) in [5.41, 5.74) is 3.00. The number of para-hydroxylation sites is 1. The number of unbranched alkanes of at least 4 members (excludes halogenated alkanes) is 3. The standard InChI is InChI=1S/C23H25NO3/c1-3-4-5-8-14-26-21-13-7-6-11-18(21)16-20-23(25)27-22(24-20)19-12-9-10-17(2)15-19/h6-7,9-13,15-16H,3-5,8,14H2,1-2H3/b20-16-. The van der Waals surface area contributed by atoms with Crippen LogP contribution in [0.2, 0.25) is 0 Å². The van der Waals surface area contributed by atoms with Crippen LogP contribution >= 0.6 is 0 Å². The summed E-state index contributed by atoms with van der Waals surface area (Å²) in [4.78, 5) is 16.6. The lowest BCUT2D eigenvalue weighted by molar-refractivity contribution is -0.129. The van der Waals surface area contributed by atoms with Crippen LogP contribution in [-0.4, -0.2) is 18.5 Å². The quantitative estimate of drug-likeness (QED) is 0.363. The van der Waals surface area contributed by atoms with Crippen LogP contribution in [0.4, 0.5) is 0 Å². The highest BCUT2D eigenvalue weighted by molar-refractivity contribution is 6.13. The molecule has 0 aliphatic carbocycles. The highest BCUT2D eigenvalue weighted by Crippen LogP contribution is 2.25. The number of carbonyl (C=O) groups excluding carboxylic acids is 1. The Morgan fingerprint density at radius 2 is 1.93 bits per heavy atom. The maximum absolute atomic E-state index is 12.2. The van der Waals surface area contributed by atoms with Crippen LogP contribution in [-0.2, 0) is 9.53 Å². The zero-order valence-electron chi connectivity index (χ0n) is 15.9. The third-order valence-electron chi connectivity index (χ3n) is 4.35. The van der Waals surface area contributed by atoms with E-state index < -0.39 is 5.97 Å². The fourth-order valence-electron chi connectivity index (χ4n) is 2.90. The van der Waals surface area contributed by atoms with Crippen molar-refractivity contribution < 1.29 is 14.3 Å². The second-order valence-corrected chi connectivity index (χ2v) is 6.65. The summed E-state index contributed by atoms with van der Waals surface area (Å²) < 4.78 is 11.3. The predicted molar refractivity (Wildman–Crippen MR) is 108 cm³/mol. The molecule has 140 valence electrons. The third-order valence-corrected chi connectivity index (χ3v) is 4.35. The number of carbonyl (C=O) groups is 1.